The van der Waals surface area contributed by atoms with Crippen LogP contribution in [0.15, 0.2) is 96.3 Å². The number of benzene rings is 3. The number of nitrogens with zero attached hydrogens (tertiary/aromatic N) is 2. The summed E-state index contributed by atoms with van der Waals surface area (Å²) in [6.07, 6.45) is 1.87. The Morgan fingerprint density at radius 1 is 0.931 bits per heavy atom. The van der Waals surface area contributed by atoms with Crippen molar-refractivity contribution < 1.29 is 4.79 Å². The molecule has 1 N–H and O–H groups in total. The van der Waals surface area contributed by atoms with Crippen LogP contribution in [0.25, 0.3) is 16.9 Å². The Morgan fingerprint density at radius 3 is 2.28 bits per heavy atom. The number of hydrogen-bond acceptors (Lipinski definition) is 3. The Balaban J connectivity index is 1.60. The predicted octanol–water partition coefficient (Wildman–Crippen LogP) is 5.58. The molecule has 144 valence electrons. The van der Waals surface area contributed by atoms with Gasteiger partial charge in [-0.15, -0.1) is 0 Å². The Kier molecular flexibility index (Phi) is 5.77. The lowest BCUT2D eigenvalue weighted by Crippen LogP contribution is -2.14. The number of para-hydroxylation sites is 2. The maximum Gasteiger partial charge on any atom is 0.234 e. The third-order valence-corrected chi connectivity index (χ3v) is 5.43. The molecule has 3 aromatic carbocycles. The molecule has 0 saturated carbocycles. The van der Waals surface area contributed by atoms with E-state index in [9.17, 15) is 4.79 Å². The number of anilines is 1. The number of thioether (sulfide) groups is 1. The number of carbonyl (C=O) groups excluding carboxylic acids is 1. The summed E-state index contributed by atoms with van der Waals surface area (Å²) in [5, 5.41) is 3.71. The standard InChI is InChI=1S/C24H21N3OS/c1-18-12-14-19(15-13-18)22-16-25-24(27(22)21-10-6-3-7-11-21)29-17-23(28)26-20-8-4-2-5-9-20/h2-16H,17H2,1H3,(H,26,28). The van der Waals surface area contributed by atoms with Gasteiger partial charge in [-0.2, -0.15) is 0 Å². The molecule has 0 aliphatic rings. The molecule has 0 aliphatic heterocycles. The van der Waals surface area contributed by atoms with Gasteiger partial charge in [0.25, 0.3) is 0 Å². The summed E-state index contributed by atoms with van der Waals surface area (Å²) in [6.45, 7) is 2.07. The van der Waals surface area contributed by atoms with Crippen LogP contribution in [0.4, 0.5) is 5.69 Å². The van der Waals surface area contributed by atoms with E-state index in [-0.39, 0.29) is 11.7 Å². The Bertz CT molecular complexity index is 1090. The Labute approximate surface area is 174 Å². The number of amides is 1. The average molecular weight is 400 g/mol. The molecule has 0 fully saturated rings. The van der Waals surface area contributed by atoms with Crippen molar-refractivity contribution in [2.24, 2.45) is 0 Å². The highest BCUT2D eigenvalue weighted by molar-refractivity contribution is 7.99. The maximum absolute atomic E-state index is 12.4. The number of nitrogens with one attached hydrogen (secondary N) is 1. The summed E-state index contributed by atoms with van der Waals surface area (Å²) in [6, 6.07) is 28.0. The Morgan fingerprint density at radius 2 is 1.59 bits per heavy atom. The van der Waals surface area contributed by atoms with Crippen LogP contribution in [0.5, 0.6) is 0 Å². The second kappa shape index (κ2) is 8.80. The normalized spacial score (nSPS) is 10.7. The van der Waals surface area contributed by atoms with Crippen LogP contribution < -0.4 is 5.32 Å². The molecule has 0 aliphatic carbocycles. The van der Waals surface area contributed by atoms with Crippen molar-refractivity contribution in [3.8, 4) is 16.9 Å². The lowest BCUT2D eigenvalue weighted by molar-refractivity contribution is -0.113. The molecule has 4 rings (SSSR count). The summed E-state index contributed by atoms with van der Waals surface area (Å²) in [5.74, 6) is 0.229. The van der Waals surface area contributed by atoms with Crippen molar-refractivity contribution in [3.63, 3.8) is 0 Å². The zero-order chi connectivity index (χ0) is 20.1. The first-order valence-electron chi connectivity index (χ1n) is 9.38. The van der Waals surface area contributed by atoms with Crippen molar-refractivity contribution in [2.45, 2.75) is 12.1 Å². The summed E-state index contributed by atoms with van der Waals surface area (Å²) in [4.78, 5) is 17.0. The molecule has 0 atom stereocenters. The van der Waals surface area contributed by atoms with Gasteiger partial charge in [-0.3, -0.25) is 9.36 Å². The molecular formula is C24H21N3OS. The molecule has 0 radical (unpaired) electrons. The molecule has 4 nitrogen and oxygen atoms in total. The summed E-state index contributed by atoms with van der Waals surface area (Å²) in [7, 11) is 0. The quantitative estimate of drug-likeness (QED) is 0.431. The van der Waals surface area contributed by atoms with E-state index in [1.165, 1.54) is 17.3 Å². The first kappa shape index (κ1) is 19.0. The number of carbonyl (C=O) groups is 1. The van der Waals surface area contributed by atoms with E-state index in [1.807, 2.05) is 66.9 Å². The van der Waals surface area contributed by atoms with Gasteiger partial charge in [0, 0.05) is 16.9 Å². The fourth-order valence-corrected chi connectivity index (χ4v) is 3.83. The van der Waals surface area contributed by atoms with E-state index >= 15 is 0 Å². The van der Waals surface area contributed by atoms with Gasteiger partial charge in [-0.05, 0) is 31.2 Å². The van der Waals surface area contributed by atoms with Crippen LogP contribution in [0.3, 0.4) is 0 Å². The number of aryl methyl sites for hydroxylation is 1. The van der Waals surface area contributed by atoms with Gasteiger partial charge in [-0.1, -0.05) is 78.0 Å². The molecule has 1 heterocycles. The fraction of sp³-hybridized carbons (Fsp3) is 0.0833. The number of aromatic nitrogens is 2. The smallest absolute Gasteiger partial charge is 0.234 e. The van der Waals surface area contributed by atoms with Gasteiger partial charge < -0.3 is 5.32 Å². The van der Waals surface area contributed by atoms with Crippen LogP contribution in [-0.4, -0.2) is 21.2 Å². The van der Waals surface area contributed by atoms with E-state index in [2.05, 4.69) is 46.1 Å². The van der Waals surface area contributed by atoms with Gasteiger partial charge >= 0.3 is 0 Å². The lowest BCUT2D eigenvalue weighted by Gasteiger charge is -2.12. The largest absolute Gasteiger partial charge is 0.325 e. The van der Waals surface area contributed by atoms with E-state index < -0.39 is 0 Å². The predicted molar refractivity (Wildman–Crippen MR) is 120 cm³/mol. The highest BCUT2D eigenvalue weighted by Crippen LogP contribution is 2.30. The van der Waals surface area contributed by atoms with Gasteiger partial charge in [0.05, 0.1) is 17.6 Å². The minimum atomic E-state index is -0.0549. The van der Waals surface area contributed by atoms with Crippen LogP contribution in [0.1, 0.15) is 5.56 Å². The monoisotopic (exact) mass is 399 g/mol. The molecule has 0 spiro atoms. The van der Waals surface area contributed by atoms with Gasteiger partial charge in [0.15, 0.2) is 5.16 Å². The third-order valence-electron chi connectivity index (χ3n) is 4.48. The molecule has 5 heteroatoms. The zero-order valence-electron chi connectivity index (χ0n) is 16.1. The third kappa shape index (κ3) is 4.58. The highest BCUT2D eigenvalue weighted by atomic mass is 32.2. The van der Waals surface area contributed by atoms with E-state index in [0.29, 0.717) is 0 Å². The molecule has 0 saturated heterocycles. The lowest BCUT2D eigenvalue weighted by atomic mass is 10.1. The van der Waals surface area contributed by atoms with Crippen LogP contribution in [-0.2, 0) is 4.79 Å². The minimum Gasteiger partial charge on any atom is -0.325 e. The number of hydrogen-bond donors (Lipinski definition) is 1. The molecule has 0 bridgehead atoms. The molecule has 1 amide bonds. The van der Waals surface area contributed by atoms with Gasteiger partial charge in [0.1, 0.15) is 0 Å². The SMILES string of the molecule is Cc1ccc(-c2cnc(SCC(=O)Nc3ccccc3)n2-c2ccccc2)cc1. The van der Waals surface area contributed by atoms with Gasteiger partial charge in [-0.25, -0.2) is 4.98 Å². The molecule has 1 aromatic heterocycles. The highest BCUT2D eigenvalue weighted by Gasteiger charge is 2.15. The Hall–Kier alpha value is -3.31. The first-order valence-corrected chi connectivity index (χ1v) is 10.4. The van der Waals surface area contributed by atoms with Crippen LogP contribution >= 0.6 is 11.8 Å². The number of rotatable bonds is 6. The summed E-state index contributed by atoms with van der Waals surface area (Å²) in [5.41, 5.74) is 5.12. The molecule has 29 heavy (non-hydrogen) atoms. The maximum atomic E-state index is 12.4. The zero-order valence-corrected chi connectivity index (χ0v) is 16.9. The second-order valence-electron chi connectivity index (χ2n) is 6.67. The van der Waals surface area contributed by atoms with Crippen molar-refractivity contribution in [2.75, 3.05) is 11.1 Å². The number of imidazole rings is 1. The first-order chi connectivity index (χ1) is 14.2. The van der Waals surface area contributed by atoms with E-state index in [4.69, 9.17) is 0 Å². The molecular weight excluding hydrogens is 378 g/mol. The van der Waals surface area contributed by atoms with Crippen LogP contribution in [0.2, 0.25) is 0 Å². The second-order valence-corrected chi connectivity index (χ2v) is 7.61. The molecule has 4 aromatic rings. The van der Waals surface area contributed by atoms with E-state index in [0.717, 1.165) is 27.8 Å². The van der Waals surface area contributed by atoms with Crippen molar-refractivity contribution in [3.05, 3.63) is 96.7 Å². The summed E-state index contributed by atoms with van der Waals surface area (Å²) >= 11 is 1.43. The fourth-order valence-electron chi connectivity index (χ4n) is 3.04. The molecule has 0 unspecified atom stereocenters. The van der Waals surface area contributed by atoms with E-state index in [1.54, 1.807) is 0 Å². The van der Waals surface area contributed by atoms with Crippen molar-refractivity contribution in [1.29, 1.82) is 0 Å². The van der Waals surface area contributed by atoms with Crippen molar-refractivity contribution in [1.82, 2.24) is 9.55 Å². The average Bonchev–Trinajstić information content (AvgIpc) is 3.18. The minimum absolute atomic E-state index is 0.0549. The topological polar surface area (TPSA) is 46.9 Å². The summed E-state index contributed by atoms with van der Waals surface area (Å²) < 4.78 is 2.10. The van der Waals surface area contributed by atoms with Crippen LogP contribution in [0, 0.1) is 6.92 Å². The van der Waals surface area contributed by atoms with Crippen molar-refractivity contribution >= 4 is 23.4 Å². The van der Waals surface area contributed by atoms with Gasteiger partial charge in [0.2, 0.25) is 5.91 Å².